The largest absolute Gasteiger partial charge is 0.469 e. The van der Waals surface area contributed by atoms with Crippen LogP contribution in [0, 0.1) is 5.92 Å². The molecule has 1 aliphatic heterocycles. The Hall–Kier alpha value is -2.31. The quantitative estimate of drug-likeness (QED) is 0.717. The average molecular weight is 364 g/mol. The number of methoxy groups -OCH3 is 1. The molecule has 1 fully saturated rings. The molecule has 0 bridgehead atoms. The minimum atomic E-state index is -0.660. The van der Waals surface area contributed by atoms with Crippen LogP contribution in [-0.4, -0.2) is 53.6 Å². The average Bonchev–Trinajstić information content (AvgIpc) is 2.57. The monoisotopic (exact) mass is 364 g/mol. The molecule has 0 spiro atoms. The maximum absolute atomic E-state index is 12.7. The van der Waals surface area contributed by atoms with E-state index >= 15 is 0 Å². The van der Waals surface area contributed by atoms with Gasteiger partial charge in [0, 0.05) is 6.54 Å². The van der Waals surface area contributed by atoms with E-state index in [-0.39, 0.29) is 18.4 Å². The molecule has 0 aromatic carbocycles. The van der Waals surface area contributed by atoms with Gasteiger partial charge in [-0.05, 0) is 39.7 Å². The number of hydrogen-bond acceptors (Lipinski definition) is 5. The number of nitrogens with zero attached hydrogens (tertiary/aromatic N) is 2. The molecule has 0 N–H and O–H groups in total. The Bertz CT molecular complexity index is 645. The van der Waals surface area contributed by atoms with Crippen LogP contribution in [-0.2, 0) is 19.1 Å². The van der Waals surface area contributed by atoms with Crippen molar-refractivity contribution in [3.63, 3.8) is 0 Å². The lowest BCUT2D eigenvalue weighted by atomic mass is 9.94. The van der Waals surface area contributed by atoms with E-state index in [9.17, 15) is 14.4 Å². The second-order valence-electron chi connectivity index (χ2n) is 7.47. The Kier molecular flexibility index (Phi) is 6.10. The molecule has 2 rings (SSSR count). The lowest BCUT2D eigenvalue weighted by molar-refractivity contribution is -0.144. The van der Waals surface area contributed by atoms with Gasteiger partial charge in [0.15, 0.2) is 0 Å². The zero-order chi connectivity index (χ0) is 19.5. The van der Waals surface area contributed by atoms with Crippen molar-refractivity contribution >= 4 is 18.0 Å². The van der Waals surface area contributed by atoms with Crippen molar-refractivity contribution in [2.75, 3.05) is 20.2 Å². The molecule has 7 nitrogen and oxygen atoms in total. The van der Waals surface area contributed by atoms with Gasteiger partial charge in [-0.15, -0.1) is 0 Å². The van der Waals surface area contributed by atoms with E-state index in [1.807, 2.05) is 13.0 Å². The minimum Gasteiger partial charge on any atom is -0.469 e. The fraction of sp³-hybridized carbons (Fsp3) is 0.632. The van der Waals surface area contributed by atoms with Crippen LogP contribution < -0.4 is 0 Å². The highest BCUT2D eigenvalue weighted by molar-refractivity contribution is 5.89. The molecule has 0 saturated carbocycles. The second kappa shape index (κ2) is 7.93. The summed E-state index contributed by atoms with van der Waals surface area (Å²) in [6, 6.07) is 0. The molecule has 1 aliphatic carbocycles. The molecule has 0 radical (unpaired) electrons. The zero-order valence-electron chi connectivity index (χ0n) is 16.2. The predicted molar refractivity (Wildman–Crippen MR) is 95.9 cm³/mol. The number of carbonyl (C=O) groups is 3. The first-order valence-corrected chi connectivity index (χ1v) is 8.99. The fourth-order valence-corrected chi connectivity index (χ4v) is 2.96. The summed E-state index contributed by atoms with van der Waals surface area (Å²) in [6.07, 6.45) is 5.17. The summed E-state index contributed by atoms with van der Waals surface area (Å²) < 4.78 is 10.3. The molecule has 1 atom stereocenters. The number of fused-ring (bicyclic) bond motifs is 1. The number of carbonyl (C=O) groups excluding carboxylic acids is 3. The summed E-state index contributed by atoms with van der Waals surface area (Å²) in [5.41, 5.74) is 0.546. The van der Waals surface area contributed by atoms with Crippen LogP contribution in [0.15, 0.2) is 23.5 Å². The van der Waals surface area contributed by atoms with Gasteiger partial charge >= 0.3 is 12.1 Å². The third-order valence-corrected chi connectivity index (χ3v) is 4.22. The lowest BCUT2D eigenvalue weighted by Crippen LogP contribution is -2.51. The van der Waals surface area contributed by atoms with Gasteiger partial charge in [-0.25, -0.2) is 4.79 Å². The maximum atomic E-state index is 12.7. The fourth-order valence-electron chi connectivity index (χ4n) is 2.96. The molecule has 2 amide bonds. The van der Waals surface area contributed by atoms with Crippen LogP contribution in [0.5, 0.6) is 0 Å². The third kappa shape index (κ3) is 4.45. The molecular weight excluding hydrogens is 336 g/mol. The number of esters is 1. The summed E-state index contributed by atoms with van der Waals surface area (Å²) in [4.78, 5) is 40.2. The standard InChI is InChI=1S/C19H28N2O5/c1-6-7-10-20-15-11-13(17(23)25-5)8-9-14(15)21(12-16(20)22)18(24)26-19(2,3)4/h9,11,13H,6-8,10,12H2,1-5H3. The molecule has 1 heterocycles. The summed E-state index contributed by atoms with van der Waals surface area (Å²) in [5.74, 6) is -1.00. The van der Waals surface area contributed by atoms with Crippen LogP contribution in [0.1, 0.15) is 47.0 Å². The third-order valence-electron chi connectivity index (χ3n) is 4.22. The molecule has 26 heavy (non-hydrogen) atoms. The first kappa shape index (κ1) is 20.0. The van der Waals surface area contributed by atoms with E-state index < -0.39 is 17.6 Å². The van der Waals surface area contributed by atoms with Crippen molar-refractivity contribution in [2.24, 2.45) is 5.92 Å². The van der Waals surface area contributed by atoms with Gasteiger partial charge in [0.25, 0.3) is 0 Å². The number of piperazine rings is 1. The Morgan fingerprint density at radius 1 is 1.27 bits per heavy atom. The molecule has 144 valence electrons. The van der Waals surface area contributed by atoms with E-state index in [1.54, 1.807) is 31.7 Å². The SMILES string of the molecule is CCCCN1C(=O)CN(C(=O)OC(C)(C)C)C2=CCC(C(=O)OC)C=C21. The number of hydrogen-bond donors (Lipinski definition) is 0. The second-order valence-corrected chi connectivity index (χ2v) is 7.47. The van der Waals surface area contributed by atoms with Crippen LogP contribution >= 0.6 is 0 Å². The predicted octanol–water partition coefficient (Wildman–Crippen LogP) is 2.83. The highest BCUT2D eigenvalue weighted by atomic mass is 16.6. The van der Waals surface area contributed by atoms with Crippen molar-refractivity contribution < 1.29 is 23.9 Å². The van der Waals surface area contributed by atoms with E-state index in [2.05, 4.69) is 0 Å². The molecule has 0 aromatic heterocycles. The molecule has 0 aromatic rings. The molecular formula is C19H28N2O5. The van der Waals surface area contributed by atoms with E-state index in [4.69, 9.17) is 9.47 Å². The van der Waals surface area contributed by atoms with Crippen LogP contribution in [0.3, 0.4) is 0 Å². The van der Waals surface area contributed by atoms with E-state index in [1.165, 1.54) is 12.0 Å². The normalized spacial score (nSPS) is 20.2. The Morgan fingerprint density at radius 2 is 1.96 bits per heavy atom. The number of ether oxygens (including phenoxy) is 2. The highest BCUT2D eigenvalue weighted by Gasteiger charge is 2.39. The summed E-state index contributed by atoms with van der Waals surface area (Å²) in [6.45, 7) is 7.88. The van der Waals surface area contributed by atoms with Gasteiger partial charge in [0.05, 0.1) is 24.4 Å². The summed E-state index contributed by atoms with van der Waals surface area (Å²) in [7, 11) is 1.34. The number of rotatable bonds is 4. The smallest absolute Gasteiger partial charge is 0.415 e. The summed E-state index contributed by atoms with van der Waals surface area (Å²) >= 11 is 0. The van der Waals surface area contributed by atoms with Crippen molar-refractivity contribution in [1.82, 2.24) is 9.80 Å². The topological polar surface area (TPSA) is 76.2 Å². The van der Waals surface area contributed by atoms with Gasteiger partial charge in [-0.1, -0.05) is 19.4 Å². The molecule has 1 unspecified atom stereocenters. The molecule has 1 saturated heterocycles. The van der Waals surface area contributed by atoms with Gasteiger partial charge < -0.3 is 14.4 Å². The summed E-state index contributed by atoms with van der Waals surface area (Å²) in [5, 5.41) is 0. The minimum absolute atomic E-state index is 0.0648. The van der Waals surface area contributed by atoms with Crippen molar-refractivity contribution in [3.8, 4) is 0 Å². The van der Waals surface area contributed by atoms with E-state index in [0.29, 0.717) is 24.4 Å². The Balaban J connectivity index is 2.35. The van der Waals surface area contributed by atoms with E-state index in [0.717, 1.165) is 12.8 Å². The number of unbranched alkanes of at least 4 members (excludes halogenated alkanes) is 1. The van der Waals surface area contributed by atoms with Crippen molar-refractivity contribution in [2.45, 2.75) is 52.6 Å². The maximum Gasteiger partial charge on any atom is 0.415 e. The lowest BCUT2D eigenvalue weighted by Gasteiger charge is -2.40. The van der Waals surface area contributed by atoms with Crippen LogP contribution in [0.25, 0.3) is 0 Å². The number of allylic oxidation sites excluding steroid dienone is 1. The Morgan fingerprint density at radius 3 is 2.54 bits per heavy atom. The first-order valence-electron chi connectivity index (χ1n) is 8.99. The Labute approximate surface area is 154 Å². The first-order chi connectivity index (χ1) is 12.2. The van der Waals surface area contributed by atoms with Gasteiger partial charge in [0.2, 0.25) is 5.91 Å². The molecule has 2 aliphatic rings. The van der Waals surface area contributed by atoms with Crippen LogP contribution in [0.2, 0.25) is 0 Å². The molecule has 7 heteroatoms. The van der Waals surface area contributed by atoms with Crippen molar-refractivity contribution in [1.29, 1.82) is 0 Å². The zero-order valence-corrected chi connectivity index (χ0v) is 16.2. The number of amides is 2. The van der Waals surface area contributed by atoms with Gasteiger partial charge in [0.1, 0.15) is 12.1 Å². The highest BCUT2D eigenvalue weighted by Crippen LogP contribution is 2.33. The van der Waals surface area contributed by atoms with Crippen LogP contribution in [0.4, 0.5) is 4.79 Å². The van der Waals surface area contributed by atoms with Gasteiger partial charge in [-0.3, -0.25) is 14.5 Å². The van der Waals surface area contributed by atoms with Crippen molar-refractivity contribution in [3.05, 3.63) is 23.5 Å². The van der Waals surface area contributed by atoms with Gasteiger partial charge in [-0.2, -0.15) is 0 Å².